The second-order valence-corrected chi connectivity index (χ2v) is 6.72. The van der Waals surface area contributed by atoms with E-state index in [1.807, 2.05) is 14.1 Å². The number of rotatable bonds is 6. The van der Waals surface area contributed by atoms with Crippen LogP contribution in [-0.2, 0) is 4.79 Å². The number of carbonyl (C=O) groups excluding carboxylic acids is 2. The fourth-order valence-corrected chi connectivity index (χ4v) is 2.69. The standard InChI is InChI=1S/C17H23ClN2O3/c1-11(18)16(21)13-6-7-15-14(10-13)20(9-5-8-19(3)4)17(22)12(2)23-15/h6-7,10-12H,5,8-9H2,1-4H3. The van der Waals surface area contributed by atoms with Crippen molar-refractivity contribution >= 4 is 29.0 Å². The number of fused-ring (bicyclic) bond motifs is 1. The minimum atomic E-state index is -0.602. The Labute approximate surface area is 142 Å². The van der Waals surface area contributed by atoms with E-state index in [2.05, 4.69) is 4.90 Å². The highest BCUT2D eigenvalue weighted by atomic mass is 35.5. The van der Waals surface area contributed by atoms with Crippen molar-refractivity contribution in [2.24, 2.45) is 0 Å². The minimum absolute atomic E-state index is 0.0835. The van der Waals surface area contributed by atoms with Crippen LogP contribution in [0.2, 0.25) is 0 Å². The zero-order valence-corrected chi connectivity index (χ0v) is 14.8. The zero-order chi connectivity index (χ0) is 17.1. The Morgan fingerprint density at radius 1 is 1.43 bits per heavy atom. The molecule has 0 N–H and O–H groups in total. The number of benzene rings is 1. The van der Waals surface area contributed by atoms with E-state index in [9.17, 15) is 9.59 Å². The Hall–Kier alpha value is -1.59. The average molecular weight is 339 g/mol. The third kappa shape index (κ3) is 4.03. The number of nitrogens with zero attached hydrogens (tertiary/aromatic N) is 2. The van der Waals surface area contributed by atoms with Crippen molar-refractivity contribution < 1.29 is 14.3 Å². The quantitative estimate of drug-likeness (QED) is 0.591. The molecule has 1 aliphatic rings. The lowest BCUT2D eigenvalue weighted by molar-refractivity contribution is -0.125. The number of carbonyl (C=O) groups is 2. The number of ketones is 1. The van der Waals surface area contributed by atoms with E-state index < -0.39 is 11.5 Å². The maximum absolute atomic E-state index is 12.5. The number of hydrogen-bond acceptors (Lipinski definition) is 4. The molecule has 2 unspecified atom stereocenters. The molecule has 126 valence electrons. The number of hydrogen-bond donors (Lipinski definition) is 0. The van der Waals surface area contributed by atoms with Gasteiger partial charge in [0.25, 0.3) is 5.91 Å². The van der Waals surface area contributed by atoms with Crippen molar-refractivity contribution in [1.82, 2.24) is 4.90 Å². The molecular weight excluding hydrogens is 316 g/mol. The molecule has 1 aromatic carbocycles. The summed E-state index contributed by atoms with van der Waals surface area (Å²) in [6.45, 7) is 4.85. The molecule has 0 radical (unpaired) electrons. The number of Topliss-reactive ketones (excluding diaryl/α,β-unsaturated/α-hetero) is 1. The molecule has 0 aromatic heterocycles. The number of amides is 1. The highest BCUT2D eigenvalue weighted by Gasteiger charge is 2.32. The van der Waals surface area contributed by atoms with Gasteiger partial charge in [0.2, 0.25) is 0 Å². The zero-order valence-electron chi connectivity index (χ0n) is 14.0. The molecule has 1 aliphatic heterocycles. The molecule has 0 spiro atoms. The highest BCUT2D eigenvalue weighted by Crippen LogP contribution is 2.35. The Morgan fingerprint density at radius 2 is 2.13 bits per heavy atom. The average Bonchev–Trinajstić information content (AvgIpc) is 2.49. The monoisotopic (exact) mass is 338 g/mol. The maximum atomic E-state index is 12.5. The predicted molar refractivity (Wildman–Crippen MR) is 91.7 cm³/mol. The molecular formula is C17H23ClN2O3. The van der Waals surface area contributed by atoms with E-state index in [-0.39, 0.29) is 11.7 Å². The van der Waals surface area contributed by atoms with Crippen LogP contribution in [0.5, 0.6) is 5.75 Å². The van der Waals surface area contributed by atoms with Crippen molar-refractivity contribution in [3.63, 3.8) is 0 Å². The molecule has 2 atom stereocenters. The molecule has 1 aromatic rings. The van der Waals surface area contributed by atoms with Gasteiger partial charge in [-0.15, -0.1) is 11.6 Å². The van der Waals surface area contributed by atoms with Gasteiger partial charge in [0.1, 0.15) is 5.75 Å². The number of anilines is 1. The lowest BCUT2D eigenvalue weighted by Gasteiger charge is -2.33. The van der Waals surface area contributed by atoms with E-state index in [4.69, 9.17) is 16.3 Å². The smallest absolute Gasteiger partial charge is 0.267 e. The van der Waals surface area contributed by atoms with E-state index in [1.54, 1.807) is 36.9 Å². The van der Waals surface area contributed by atoms with Crippen molar-refractivity contribution in [2.45, 2.75) is 31.7 Å². The van der Waals surface area contributed by atoms with Gasteiger partial charge in [-0.3, -0.25) is 9.59 Å². The Bertz CT molecular complexity index is 602. The molecule has 5 nitrogen and oxygen atoms in total. The summed E-state index contributed by atoms with van der Waals surface area (Å²) in [7, 11) is 3.99. The maximum Gasteiger partial charge on any atom is 0.267 e. The van der Waals surface area contributed by atoms with E-state index in [0.29, 0.717) is 23.5 Å². The summed E-state index contributed by atoms with van der Waals surface area (Å²) in [4.78, 5) is 28.3. The van der Waals surface area contributed by atoms with Gasteiger partial charge in [-0.2, -0.15) is 0 Å². The third-order valence-electron chi connectivity index (χ3n) is 3.80. The van der Waals surface area contributed by atoms with Crippen LogP contribution in [-0.4, -0.2) is 55.3 Å². The van der Waals surface area contributed by atoms with Crippen molar-refractivity contribution in [1.29, 1.82) is 0 Å². The van der Waals surface area contributed by atoms with Gasteiger partial charge in [0, 0.05) is 12.1 Å². The molecule has 23 heavy (non-hydrogen) atoms. The van der Waals surface area contributed by atoms with Crippen molar-refractivity contribution in [3.8, 4) is 5.75 Å². The number of halogens is 1. The second kappa shape index (κ2) is 7.32. The highest BCUT2D eigenvalue weighted by molar-refractivity contribution is 6.33. The molecule has 6 heteroatoms. The van der Waals surface area contributed by atoms with E-state index >= 15 is 0 Å². The first-order valence-corrected chi connectivity index (χ1v) is 8.20. The summed E-state index contributed by atoms with van der Waals surface area (Å²) < 4.78 is 5.65. The first kappa shape index (κ1) is 17.8. The van der Waals surface area contributed by atoms with Gasteiger partial charge in [-0.05, 0) is 59.1 Å². The van der Waals surface area contributed by atoms with E-state index in [0.717, 1.165) is 13.0 Å². The topological polar surface area (TPSA) is 49.9 Å². The van der Waals surface area contributed by atoms with E-state index in [1.165, 1.54) is 0 Å². The third-order valence-corrected chi connectivity index (χ3v) is 4.00. The lowest BCUT2D eigenvalue weighted by Crippen LogP contribution is -2.45. The van der Waals surface area contributed by atoms with Gasteiger partial charge >= 0.3 is 0 Å². The molecule has 1 heterocycles. The molecule has 0 fully saturated rings. The fourth-order valence-electron chi connectivity index (χ4n) is 2.57. The molecule has 2 rings (SSSR count). The minimum Gasteiger partial charge on any atom is -0.479 e. The van der Waals surface area contributed by atoms with Gasteiger partial charge in [-0.1, -0.05) is 0 Å². The SMILES string of the molecule is CC(Cl)C(=O)c1ccc2c(c1)N(CCCN(C)C)C(=O)C(C)O2. The molecule has 0 bridgehead atoms. The Kier molecular flexibility index (Phi) is 5.65. The van der Waals surface area contributed by atoms with Gasteiger partial charge in [-0.25, -0.2) is 0 Å². The molecule has 0 saturated heterocycles. The summed E-state index contributed by atoms with van der Waals surface area (Å²) in [6.07, 6.45) is 0.324. The van der Waals surface area contributed by atoms with Crippen LogP contribution in [0.15, 0.2) is 18.2 Å². The molecule has 0 aliphatic carbocycles. The van der Waals surface area contributed by atoms with Crippen LogP contribution in [0.3, 0.4) is 0 Å². The lowest BCUT2D eigenvalue weighted by atomic mass is 10.1. The number of ether oxygens (including phenoxy) is 1. The summed E-state index contributed by atoms with van der Waals surface area (Å²) in [5, 5.41) is -0.602. The van der Waals surface area contributed by atoms with Crippen LogP contribution in [0.4, 0.5) is 5.69 Å². The van der Waals surface area contributed by atoms with Crippen LogP contribution < -0.4 is 9.64 Å². The first-order valence-electron chi connectivity index (χ1n) is 7.76. The normalized spacial score (nSPS) is 18.6. The molecule has 0 saturated carbocycles. The second-order valence-electron chi connectivity index (χ2n) is 6.07. The first-order chi connectivity index (χ1) is 10.8. The molecule has 1 amide bonds. The van der Waals surface area contributed by atoms with Crippen molar-refractivity contribution in [2.75, 3.05) is 32.1 Å². The summed E-state index contributed by atoms with van der Waals surface area (Å²) in [6, 6.07) is 5.14. The van der Waals surface area contributed by atoms with Gasteiger partial charge in [0.05, 0.1) is 11.1 Å². The van der Waals surface area contributed by atoms with Gasteiger partial charge in [0.15, 0.2) is 11.9 Å². The Morgan fingerprint density at radius 3 is 2.74 bits per heavy atom. The Balaban J connectivity index is 2.30. The van der Waals surface area contributed by atoms with Crippen molar-refractivity contribution in [3.05, 3.63) is 23.8 Å². The summed E-state index contributed by atoms with van der Waals surface area (Å²) >= 11 is 5.89. The van der Waals surface area contributed by atoms with Crippen LogP contribution in [0, 0.1) is 0 Å². The van der Waals surface area contributed by atoms with Gasteiger partial charge < -0.3 is 14.5 Å². The largest absolute Gasteiger partial charge is 0.479 e. The van der Waals surface area contributed by atoms with Crippen LogP contribution in [0.1, 0.15) is 30.6 Å². The fraction of sp³-hybridized carbons (Fsp3) is 0.529. The van der Waals surface area contributed by atoms with Crippen LogP contribution in [0.25, 0.3) is 0 Å². The summed E-state index contributed by atoms with van der Waals surface area (Å²) in [5.74, 6) is 0.384. The van der Waals surface area contributed by atoms with Crippen LogP contribution >= 0.6 is 11.6 Å². The number of alkyl halides is 1. The summed E-state index contributed by atoms with van der Waals surface area (Å²) in [5.41, 5.74) is 1.14. The predicted octanol–water partition coefficient (Wildman–Crippen LogP) is 2.56.